The third-order valence-electron chi connectivity index (χ3n) is 3.09. The van der Waals surface area contributed by atoms with E-state index in [9.17, 15) is 0 Å². The van der Waals surface area contributed by atoms with E-state index in [-0.39, 0.29) is 0 Å². The summed E-state index contributed by atoms with van der Waals surface area (Å²) in [6.07, 6.45) is 5.34. The van der Waals surface area contributed by atoms with Crippen LogP contribution in [0, 0.1) is 5.92 Å². The van der Waals surface area contributed by atoms with Gasteiger partial charge in [-0.25, -0.2) is 0 Å². The molecule has 0 aromatic carbocycles. The van der Waals surface area contributed by atoms with Gasteiger partial charge < -0.3 is 14.8 Å². The van der Waals surface area contributed by atoms with E-state index < -0.39 is 0 Å². The number of likely N-dealkylation sites (N-methyl/N-ethyl adjacent to an activating group) is 1. The van der Waals surface area contributed by atoms with Crippen LogP contribution in [0.25, 0.3) is 0 Å². The third kappa shape index (κ3) is 4.49. The van der Waals surface area contributed by atoms with E-state index in [4.69, 9.17) is 9.47 Å². The predicted octanol–water partition coefficient (Wildman–Crippen LogP) is 1.82. The van der Waals surface area contributed by atoms with Gasteiger partial charge in [-0.1, -0.05) is 6.92 Å². The summed E-state index contributed by atoms with van der Waals surface area (Å²) in [7, 11) is 3.60. The number of ether oxygens (including phenoxy) is 2. The quantitative estimate of drug-likeness (QED) is 0.595. The zero-order valence-corrected chi connectivity index (χ0v) is 10.3. The highest BCUT2D eigenvalue weighted by molar-refractivity contribution is 4.90. The Balaban J connectivity index is 2.32. The van der Waals surface area contributed by atoms with Gasteiger partial charge in [-0.15, -0.1) is 0 Å². The van der Waals surface area contributed by atoms with Crippen LogP contribution in [0.4, 0.5) is 0 Å². The lowest BCUT2D eigenvalue weighted by atomic mass is 10.0. The largest absolute Gasteiger partial charge is 0.385 e. The second kappa shape index (κ2) is 7.20. The highest BCUT2D eigenvalue weighted by Gasteiger charge is 2.36. The molecule has 0 bridgehead atoms. The molecule has 15 heavy (non-hydrogen) atoms. The van der Waals surface area contributed by atoms with Crippen molar-refractivity contribution in [1.29, 1.82) is 0 Å². The molecule has 0 aromatic rings. The first-order valence-corrected chi connectivity index (χ1v) is 6.08. The van der Waals surface area contributed by atoms with Gasteiger partial charge in [0.15, 0.2) is 0 Å². The maximum Gasteiger partial charge on any atom is 0.0752 e. The van der Waals surface area contributed by atoms with Crippen LogP contribution < -0.4 is 5.32 Å². The predicted molar refractivity (Wildman–Crippen MR) is 62.1 cm³/mol. The zero-order valence-electron chi connectivity index (χ0n) is 10.3. The first kappa shape index (κ1) is 12.9. The summed E-state index contributed by atoms with van der Waals surface area (Å²) < 4.78 is 10.7. The topological polar surface area (TPSA) is 30.5 Å². The van der Waals surface area contributed by atoms with Crippen LogP contribution >= 0.6 is 0 Å². The van der Waals surface area contributed by atoms with Crippen LogP contribution in [0.2, 0.25) is 0 Å². The minimum Gasteiger partial charge on any atom is -0.385 e. The van der Waals surface area contributed by atoms with E-state index in [2.05, 4.69) is 12.2 Å². The van der Waals surface area contributed by atoms with Gasteiger partial charge in [0.1, 0.15) is 0 Å². The Hall–Kier alpha value is -0.120. The van der Waals surface area contributed by atoms with E-state index in [0.717, 1.165) is 31.9 Å². The molecule has 0 aliphatic heterocycles. The summed E-state index contributed by atoms with van der Waals surface area (Å²) in [4.78, 5) is 0. The molecule has 1 rings (SSSR count). The smallest absolute Gasteiger partial charge is 0.0752 e. The first-order chi connectivity index (χ1) is 7.33. The molecule has 1 fully saturated rings. The summed E-state index contributed by atoms with van der Waals surface area (Å²) in [6, 6.07) is 0.502. The van der Waals surface area contributed by atoms with Crippen molar-refractivity contribution < 1.29 is 9.47 Å². The van der Waals surface area contributed by atoms with Crippen molar-refractivity contribution in [3.8, 4) is 0 Å². The Bertz CT molecular complexity index is 160. The molecule has 0 radical (unpaired) electrons. The van der Waals surface area contributed by atoms with E-state index in [1.54, 1.807) is 7.11 Å². The van der Waals surface area contributed by atoms with E-state index >= 15 is 0 Å². The lowest BCUT2D eigenvalue weighted by Crippen LogP contribution is -2.42. The highest BCUT2D eigenvalue weighted by atomic mass is 16.5. The molecule has 90 valence electrons. The van der Waals surface area contributed by atoms with Gasteiger partial charge in [-0.2, -0.15) is 0 Å². The van der Waals surface area contributed by atoms with E-state index in [0.29, 0.717) is 12.1 Å². The number of nitrogens with one attached hydrogen (secondary N) is 1. The van der Waals surface area contributed by atoms with Gasteiger partial charge in [0.25, 0.3) is 0 Å². The average Bonchev–Trinajstić information content (AvgIpc) is 3.03. The Labute approximate surface area is 93.5 Å². The lowest BCUT2D eigenvalue weighted by molar-refractivity contribution is 0.0457. The molecule has 1 saturated carbocycles. The second-order valence-electron chi connectivity index (χ2n) is 4.34. The average molecular weight is 215 g/mol. The molecule has 0 aromatic heterocycles. The van der Waals surface area contributed by atoms with Crippen LogP contribution in [-0.2, 0) is 9.47 Å². The molecule has 1 aliphatic carbocycles. The van der Waals surface area contributed by atoms with Crippen molar-refractivity contribution in [3.05, 3.63) is 0 Å². The zero-order chi connectivity index (χ0) is 11.1. The monoisotopic (exact) mass is 215 g/mol. The summed E-state index contributed by atoms with van der Waals surface area (Å²) in [5.41, 5.74) is 0. The number of hydrogen-bond acceptors (Lipinski definition) is 3. The minimum atomic E-state index is 0.404. The Morgan fingerprint density at radius 2 is 2.07 bits per heavy atom. The van der Waals surface area contributed by atoms with Crippen molar-refractivity contribution in [2.45, 2.75) is 44.8 Å². The molecule has 0 heterocycles. The Morgan fingerprint density at radius 1 is 1.33 bits per heavy atom. The fourth-order valence-corrected chi connectivity index (χ4v) is 2.20. The van der Waals surface area contributed by atoms with Crippen LogP contribution in [0.3, 0.4) is 0 Å². The summed E-state index contributed by atoms with van der Waals surface area (Å²) in [5, 5.41) is 3.53. The standard InChI is InChI=1S/C12H25NO2/c1-4-13-11(6-5-9-14-2)12(15-3)10-7-8-10/h10-13H,4-9H2,1-3H3. The molecule has 2 atom stereocenters. The molecular formula is C12H25NO2. The SMILES string of the molecule is CCNC(CCCOC)C(OC)C1CC1. The summed E-state index contributed by atoms with van der Waals surface area (Å²) in [5.74, 6) is 0.793. The van der Waals surface area contributed by atoms with Crippen molar-refractivity contribution >= 4 is 0 Å². The van der Waals surface area contributed by atoms with E-state index in [1.807, 2.05) is 7.11 Å². The Kier molecular flexibility index (Phi) is 6.22. The minimum absolute atomic E-state index is 0.404. The third-order valence-corrected chi connectivity index (χ3v) is 3.09. The number of hydrogen-bond donors (Lipinski definition) is 1. The fraction of sp³-hybridized carbons (Fsp3) is 1.00. The Morgan fingerprint density at radius 3 is 2.53 bits per heavy atom. The van der Waals surface area contributed by atoms with Crippen LogP contribution in [0.15, 0.2) is 0 Å². The van der Waals surface area contributed by atoms with Gasteiger partial charge in [0, 0.05) is 26.9 Å². The molecule has 1 N–H and O–H groups in total. The van der Waals surface area contributed by atoms with Crippen LogP contribution in [-0.4, -0.2) is 39.5 Å². The molecule has 2 unspecified atom stereocenters. The molecule has 3 nitrogen and oxygen atoms in total. The summed E-state index contributed by atoms with van der Waals surface area (Å²) in [6.45, 7) is 4.02. The van der Waals surface area contributed by atoms with Crippen LogP contribution in [0.5, 0.6) is 0 Å². The molecule has 1 aliphatic rings. The molecule has 3 heteroatoms. The van der Waals surface area contributed by atoms with Gasteiger partial charge in [0.2, 0.25) is 0 Å². The van der Waals surface area contributed by atoms with Crippen LogP contribution in [0.1, 0.15) is 32.6 Å². The molecule has 0 saturated heterocycles. The van der Waals surface area contributed by atoms with Gasteiger partial charge in [0.05, 0.1) is 6.10 Å². The molecule has 0 amide bonds. The maximum atomic E-state index is 5.62. The van der Waals surface area contributed by atoms with Crippen molar-refractivity contribution in [1.82, 2.24) is 5.32 Å². The van der Waals surface area contributed by atoms with Gasteiger partial charge >= 0.3 is 0 Å². The van der Waals surface area contributed by atoms with Gasteiger partial charge in [-0.3, -0.25) is 0 Å². The van der Waals surface area contributed by atoms with Crippen molar-refractivity contribution in [2.24, 2.45) is 5.92 Å². The number of rotatable bonds is 9. The maximum absolute atomic E-state index is 5.62. The van der Waals surface area contributed by atoms with E-state index in [1.165, 1.54) is 12.8 Å². The first-order valence-electron chi connectivity index (χ1n) is 6.08. The van der Waals surface area contributed by atoms with Crippen molar-refractivity contribution in [3.63, 3.8) is 0 Å². The second-order valence-corrected chi connectivity index (χ2v) is 4.34. The summed E-state index contributed by atoms with van der Waals surface area (Å²) >= 11 is 0. The molecule has 0 spiro atoms. The molecular weight excluding hydrogens is 190 g/mol. The number of methoxy groups -OCH3 is 2. The highest BCUT2D eigenvalue weighted by Crippen LogP contribution is 2.36. The lowest BCUT2D eigenvalue weighted by Gasteiger charge is -2.26. The van der Waals surface area contributed by atoms with Gasteiger partial charge in [-0.05, 0) is 38.1 Å². The van der Waals surface area contributed by atoms with Crippen molar-refractivity contribution in [2.75, 3.05) is 27.4 Å². The fourth-order valence-electron chi connectivity index (χ4n) is 2.20. The normalized spacial score (nSPS) is 20.2.